The maximum absolute atomic E-state index is 12.3. The molecule has 1 fully saturated rings. The number of primary amides is 1. The first-order valence-corrected chi connectivity index (χ1v) is 12.4. The van der Waals surface area contributed by atoms with Gasteiger partial charge in [-0.2, -0.15) is 0 Å². The lowest BCUT2D eigenvalue weighted by Gasteiger charge is -2.18. The van der Waals surface area contributed by atoms with Gasteiger partial charge in [-0.05, 0) is 43.9 Å². The second-order valence-corrected chi connectivity index (χ2v) is 10.4. The van der Waals surface area contributed by atoms with Gasteiger partial charge in [-0.15, -0.1) is 11.3 Å². The summed E-state index contributed by atoms with van der Waals surface area (Å²) < 4.78 is 27.1. The quantitative estimate of drug-likeness (QED) is 0.533. The predicted molar refractivity (Wildman–Crippen MR) is 121 cm³/mol. The molecule has 1 saturated carbocycles. The highest BCUT2D eigenvalue weighted by molar-refractivity contribution is 7.93. The van der Waals surface area contributed by atoms with E-state index in [0.717, 1.165) is 22.5 Å². The van der Waals surface area contributed by atoms with E-state index >= 15 is 0 Å². The summed E-state index contributed by atoms with van der Waals surface area (Å²) >= 11 is 1.25. The van der Waals surface area contributed by atoms with Gasteiger partial charge in [-0.3, -0.25) is 14.5 Å². The maximum atomic E-state index is 12.3. The Bertz CT molecular complexity index is 1240. The van der Waals surface area contributed by atoms with Crippen LogP contribution in [-0.2, 0) is 10.0 Å². The number of aryl methyl sites for hydroxylation is 1. The van der Waals surface area contributed by atoms with E-state index in [1.165, 1.54) is 11.3 Å². The molecule has 1 atom stereocenters. The van der Waals surface area contributed by atoms with Gasteiger partial charge >= 0.3 is 0 Å². The second kappa shape index (κ2) is 8.35. The molecule has 4 rings (SSSR count). The molecule has 0 spiro atoms. The van der Waals surface area contributed by atoms with Crippen LogP contribution in [0.1, 0.15) is 59.4 Å². The Hall–Kier alpha value is -2.85. The molecule has 0 aliphatic heterocycles. The third-order valence-corrected chi connectivity index (χ3v) is 7.95. The SMILES string of the molecule is CCC(c1csc(NS(=O)(=O)C2CC2)n1)c1cc(C(N)=O)ccc1-c1cncc(C)n1. The Labute approximate surface area is 185 Å². The molecular formula is C21H23N5O3S2. The zero-order valence-electron chi connectivity index (χ0n) is 17.2. The van der Waals surface area contributed by atoms with Gasteiger partial charge in [0.15, 0.2) is 5.13 Å². The van der Waals surface area contributed by atoms with Crippen molar-refractivity contribution in [3.8, 4) is 11.3 Å². The number of rotatable bonds is 8. The van der Waals surface area contributed by atoms with Crippen LogP contribution >= 0.6 is 11.3 Å². The lowest BCUT2D eigenvalue weighted by atomic mass is 9.87. The fraction of sp³-hybridized carbons (Fsp3) is 0.333. The Morgan fingerprint density at radius 3 is 2.71 bits per heavy atom. The monoisotopic (exact) mass is 457 g/mol. The molecule has 1 aliphatic carbocycles. The van der Waals surface area contributed by atoms with Crippen molar-refractivity contribution in [3.05, 3.63) is 58.5 Å². The van der Waals surface area contributed by atoms with E-state index in [0.29, 0.717) is 35.7 Å². The van der Waals surface area contributed by atoms with Crippen molar-refractivity contribution in [2.45, 2.75) is 44.3 Å². The minimum atomic E-state index is -3.38. The number of thiazole rings is 1. The van der Waals surface area contributed by atoms with E-state index in [4.69, 9.17) is 5.73 Å². The smallest absolute Gasteiger partial charge is 0.248 e. The zero-order chi connectivity index (χ0) is 22.2. The minimum Gasteiger partial charge on any atom is -0.366 e. The van der Waals surface area contributed by atoms with E-state index in [-0.39, 0.29) is 11.2 Å². The van der Waals surface area contributed by atoms with Crippen LogP contribution < -0.4 is 10.5 Å². The first-order valence-electron chi connectivity index (χ1n) is 9.98. The summed E-state index contributed by atoms with van der Waals surface area (Å²) in [6.07, 6.45) is 5.42. The topological polar surface area (TPSA) is 128 Å². The molecule has 10 heteroatoms. The molecule has 3 N–H and O–H groups in total. The van der Waals surface area contributed by atoms with E-state index in [1.54, 1.807) is 24.5 Å². The van der Waals surface area contributed by atoms with Crippen molar-refractivity contribution in [2.24, 2.45) is 5.73 Å². The fourth-order valence-electron chi connectivity index (χ4n) is 3.50. The Balaban J connectivity index is 1.75. The molecule has 2 aromatic heterocycles. The molecule has 0 radical (unpaired) electrons. The van der Waals surface area contributed by atoms with Gasteiger partial charge in [0.25, 0.3) is 0 Å². The molecule has 31 heavy (non-hydrogen) atoms. The van der Waals surface area contributed by atoms with E-state index in [1.807, 2.05) is 25.3 Å². The van der Waals surface area contributed by atoms with Gasteiger partial charge in [0.2, 0.25) is 15.9 Å². The van der Waals surface area contributed by atoms with Crippen LogP contribution in [0.4, 0.5) is 5.13 Å². The highest BCUT2D eigenvalue weighted by Gasteiger charge is 2.36. The standard InChI is InChI=1S/C21H23N5O3S2/c1-3-15(19-11-30-21(25-19)26-31(28,29)14-5-6-14)17-8-13(20(22)27)4-7-16(17)18-10-23-9-12(2)24-18/h4,7-11,14-15H,3,5-6H2,1-2H3,(H2,22,27)(H,25,26). The van der Waals surface area contributed by atoms with Crippen molar-refractivity contribution in [3.63, 3.8) is 0 Å². The lowest BCUT2D eigenvalue weighted by Crippen LogP contribution is -2.17. The predicted octanol–water partition coefficient (Wildman–Crippen LogP) is 3.45. The number of benzene rings is 1. The van der Waals surface area contributed by atoms with Crippen molar-refractivity contribution in [2.75, 3.05) is 4.72 Å². The molecule has 1 unspecified atom stereocenters. The van der Waals surface area contributed by atoms with Crippen LogP contribution in [0.15, 0.2) is 36.0 Å². The van der Waals surface area contributed by atoms with Crippen molar-refractivity contribution in [1.29, 1.82) is 0 Å². The van der Waals surface area contributed by atoms with Crippen molar-refractivity contribution in [1.82, 2.24) is 15.0 Å². The van der Waals surface area contributed by atoms with Crippen LogP contribution in [0.2, 0.25) is 0 Å². The highest BCUT2D eigenvalue weighted by Crippen LogP contribution is 2.37. The Kier molecular flexibility index (Phi) is 5.76. The number of sulfonamides is 1. The van der Waals surface area contributed by atoms with E-state index in [2.05, 4.69) is 19.7 Å². The van der Waals surface area contributed by atoms with E-state index < -0.39 is 15.9 Å². The summed E-state index contributed by atoms with van der Waals surface area (Å²) in [5.74, 6) is -0.693. The maximum Gasteiger partial charge on any atom is 0.248 e. The van der Waals surface area contributed by atoms with Crippen molar-refractivity contribution >= 4 is 32.4 Å². The van der Waals surface area contributed by atoms with Gasteiger partial charge in [-0.25, -0.2) is 18.4 Å². The second-order valence-electron chi connectivity index (χ2n) is 7.60. The Morgan fingerprint density at radius 1 is 1.29 bits per heavy atom. The van der Waals surface area contributed by atoms with Crippen LogP contribution in [0.3, 0.4) is 0 Å². The molecule has 1 aliphatic rings. The van der Waals surface area contributed by atoms with Gasteiger partial charge in [-0.1, -0.05) is 13.0 Å². The summed E-state index contributed by atoms with van der Waals surface area (Å²) in [6, 6.07) is 5.27. The number of anilines is 1. The largest absolute Gasteiger partial charge is 0.366 e. The molecule has 8 nitrogen and oxygen atoms in total. The molecule has 0 bridgehead atoms. The average molecular weight is 458 g/mol. The third kappa shape index (κ3) is 4.59. The third-order valence-electron chi connectivity index (χ3n) is 5.22. The summed E-state index contributed by atoms with van der Waals surface area (Å²) in [5, 5.41) is 1.88. The molecule has 1 amide bonds. The molecule has 0 saturated heterocycles. The van der Waals surface area contributed by atoms with Gasteiger partial charge in [0.05, 0.1) is 28.5 Å². The Morgan fingerprint density at radius 2 is 2.06 bits per heavy atom. The molecule has 162 valence electrons. The number of hydrogen-bond acceptors (Lipinski definition) is 7. The van der Waals surface area contributed by atoms with Crippen molar-refractivity contribution < 1.29 is 13.2 Å². The summed E-state index contributed by atoms with van der Waals surface area (Å²) in [5.41, 5.74) is 9.79. The van der Waals surface area contributed by atoms with E-state index in [9.17, 15) is 13.2 Å². The highest BCUT2D eigenvalue weighted by atomic mass is 32.2. The van der Waals surface area contributed by atoms with Crippen LogP contribution in [0.25, 0.3) is 11.3 Å². The number of carbonyl (C=O) groups excluding carboxylic acids is 1. The average Bonchev–Trinajstić information content (AvgIpc) is 3.51. The summed E-state index contributed by atoms with van der Waals surface area (Å²) in [6.45, 7) is 3.88. The number of aromatic nitrogens is 3. The summed E-state index contributed by atoms with van der Waals surface area (Å²) in [4.78, 5) is 25.2. The van der Waals surface area contributed by atoms with Crippen LogP contribution in [-0.4, -0.2) is 34.5 Å². The lowest BCUT2D eigenvalue weighted by molar-refractivity contribution is 0.1000. The first-order chi connectivity index (χ1) is 14.8. The number of nitrogens with one attached hydrogen (secondary N) is 1. The number of amides is 1. The normalized spacial score (nSPS) is 14.9. The fourth-order valence-corrected chi connectivity index (χ4v) is 5.86. The van der Waals surface area contributed by atoms with Gasteiger partial charge < -0.3 is 5.73 Å². The minimum absolute atomic E-state index is 0.174. The zero-order valence-corrected chi connectivity index (χ0v) is 18.8. The number of nitrogens with zero attached hydrogens (tertiary/aromatic N) is 3. The molecular weight excluding hydrogens is 434 g/mol. The summed E-state index contributed by atoms with van der Waals surface area (Å²) in [7, 11) is -3.38. The van der Waals surface area contributed by atoms with Gasteiger partial charge in [0.1, 0.15) is 0 Å². The molecule has 3 aromatic rings. The van der Waals surface area contributed by atoms with Crippen LogP contribution in [0, 0.1) is 6.92 Å². The number of hydrogen-bond donors (Lipinski definition) is 2. The molecule has 1 aromatic carbocycles. The first kappa shape index (κ1) is 21.4. The molecule has 2 heterocycles. The number of nitrogens with two attached hydrogens (primary N) is 1. The van der Waals surface area contributed by atoms with Crippen LogP contribution in [0.5, 0.6) is 0 Å². The number of carbonyl (C=O) groups is 1. The van der Waals surface area contributed by atoms with Gasteiger partial charge in [0, 0.05) is 28.6 Å².